The first-order chi connectivity index (χ1) is 8.93. The molecule has 0 aromatic heterocycles. The van der Waals surface area contributed by atoms with Gasteiger partial charge >= 0.3 is 0 Å². The van der Waals surface area contributed by atoms with Gasteiger partial charge in [-0.2, -0.15) is 0 Å². The first-order valence-corrected chi connectivity index (χ1v) is 6.90. The van der Waals surface area contributed by atoms with Crippen LogP contribution in [0.5, 0.6) is 0 Å². The van der Waals surface area contributed by atoms with E-state index < -0.39 is 0 Å². The molecule has 2 aliphatic rings. The second-order valence-electron chi connectivity index (χ2n) is 5.09. The Morgan fingerprint density at radius 2 is 2.06 bits per heavy atom. The molecule has 1 N–H and O–H groups in total. The van der Waals surface area contributed by atoms with Crippen LogP contribution in [0.1, 0.15) is 24.0 Å². The SMILES string of the molecule is c1ccc(C2=NCCO2)c(CC2CCNCC2)c1. The van der Waals surface area contributed by atoms with Gasteiger partial charge in [-0.05, 0) is 49.9 Å². The van der Waals surface area contributed by atoms with Crippen LogP contribution >= 0.6 is 0 Å². The van der Waals surface area contributed by atoms with Crippen molar-refractivity contribution in [2.45, 2.75) is 19.3 Å². The van der Waals surface area contributed by atoms with Crippen LogP contribution in [0.15, 0.2) is 29.3 Å². The number of rotatable bonds is 3. The molecule has 0 bridgehead atoms. The molecule has 1 saturated heterocycles. The standard InChI is InChI=1S/C15H20N2O/c1-2-4-14(15-17-9-10-18-15)13(3-1)11-12-5-7-16-8-6-12/h1-4,12,16H,5-11H2. The molecule has 3 nitrogen and oxygen atoms in total. The largest absolute Gasteiger partial charge is 0.476 e. The number of ether oxygens (including phenoxy) is 1. The fourth-order valence-corrected chi connectivity index (χ4v) is 2.80. The molecule has 0 spiro atoms. The highest BCUT2D eigenvalue weighted by Gasteiger charge is 2.18. The van der Waals surface area contributed by atoms with Crippen LogP contribution in [0.25, 0.3) is 0 Å². The highest BCUT2D eigenvalue weighted by molar-refractivity contribution is 5.96. The van der Waals surface area contributed by atoms with E-state index in [0.717, 1.165) is 44.5 Å². The van der Waals surface area contributed by atoms with E-state index in [-0.39, 0.29) is 0 Å². The maximum absolute atomic E-state index is 5.61. The minimum Gasteiger partial charge on any atom is -0.476 e. The summed E-state index contributed by atoms with van der Waals surface area (Å²) in [5.74, 6) is 1.65. The van der Waals surface area contributed by atoms with Gasteiger partial charge in [0.05, 0.1) is 6.54 Å². The smallest absolute Gasteiger partial charge is 0.216 e. The number of nitrogens with zero attached hydrogens (tertiary/aromatic N) is 1. The predicted molar refractivity (Wildman–Crippen MR) is 73.1 cm³/mol. The predicted octanol–water partition coefficient (Wildman–Crippen LogP) is 2.01. The van der Waals surface area contributed by atoms with Crippen molar-refractivity contribution < 1.29 is 4.74 Å². The Bertz CT molecular complexity index is 436. The molecule has 3 heteroatoms. The van der Waals surface area contributed by atoms with E-state index in [9.17, 15) is 0 Å². The fourth-order valence-electron chi connectivity index (χ4n) is 2.80. The molecule has 18 heavy (non-hydrogen) atoms. The van der Waals surface area contributed by atoms with E-state index in [1.54, 1.807) is 0 Å². The molecule has 1 aromatic carbocycles. The molecular weight excluding hydrogens is 224 g/mol. The van der Waals surface area contributed by atoms with Crippen LogP contribution in [-0.4, -0.2) is 32.1 Å². The van der Waals surface area contributed by atoms with E-state index >= 15 is 0 Å². The van der Waals surface area contributed by atoms with Gasteiger partial charge in [-0.15, -0.1) is 0 Å². The van der Waals surface area contributed by atoms with Crippen LogP contribution in [0.3, 0.4) is 0 Å². The molecule has 0 saturated carbocycles. The molecule has 96 valence electrons. The van der Waals surface area contributed by atoms with Gasteiger partial charge in [-0.1, -0.05) is 18.2 Å². The second kappa shape index (κ2) is 5.53. The molecule has 0 unspecified atom stereocenters. The number of piperidine rings is 1. The first kappa shape index (κ1) is 11.7. The summed E-state index contributed by atoms with van der Waals surface area (Å²) < 4.78 is 5.61. The van der Waals surface area contributed by atoms with Gasteiger partial charge in [-0.3, -0.25) is 0 Å². The van der Waals surface area contributed by atoms with Crippen molar-refractivity contribution in [1.82, 2.24) is 5.32 Å². The lowest BCUT2D eigenvalue weighted by molar-refractivity contribution is 0.347. The van der Waals surface area contributed by atoms with Gasteiger partial charge in [0, 0.05) is 5.56 Å². The van der Waals surface area contributed by atoms with E-state index in [1.165, 1.54) is 24.0 Å². The maximum Gasteiger partial charge on any atom is 0.216 e. The summed E-state index contributed by atoms with van der Waals surface area (Å²) in [5.41, 5.74) is 2.60. The zero-order valence-electron chi connectivity index (χ0n) is 10.7. The summed E-state index contributed by atoms with van der Waals surface area (Å²) in [6.45, 7) is 3.85. The summed E-state index contributed by atoms with van der Waals surface area (Å²) in [6.07, 6.45) is 3.71. The van der Waals surface area contributed by atoms with Gasteiger partial charge in [-0.25, -0.2) is 4.99 Å². The Balaban J connectivity index is 1.78. The van der Waals surface area contributed by atoms with Crippen molar-refractivity contribution in [3.05, 3.63) is 35.4 Å². The summed E-state index contributed by atoms with van der Waals surface area (Å²) >= 11 is 0. The van der Waals surface area contributed by atoms with Crippen molar-refractivity contribution in [3.63, 3.8) is 0 Å². The Labute approximate surface area is 108 Å². The second-order valence-corrected chi connectivity index (χ2v) is 5.09. The van der Waals surface area contributed by atoms with Crippen LogP contribution in [0.2, 0.25) is 0 Å². The Morgan fingerprint density at radius 1 is 1.22 bits per heavy atom. The van der Waals surface area contributed by atoms with Crippen LogP contribution in [-0.2, 0) is 11.2 Å². The van der Waals surface area contributed by atoms with Crippen molar-refractivity contribution in [2.24, 2.45) is 10.9 Å². The lowest BCUT2D eigenvalue weighted by Gasteiger charge is -2.23. The molecule has 2 heterocycles. The third-order valence-corrected chi connectivity index (χ3v) is 3.80. The van der Waals surface area contributed by atoms with Gasteiger partial charge < -0.3 is 10.1 Å². The topological polar surface area (TPSA) is 33.6 Å². The van der Waals surface area contributed by atoms with Crippen LogP contribution < -0.4 is 5.32 Å². The van der Waals surface area contributed by atoms with E-state index in [0.29, 0.717) is 0 Å². The van der Waals surface area contributed by atoms with Gasteiger partial charge in [0.2, 0.25) is 5.90 Å². The summed E-state index contributed by atoms with van der Waals surface area (Å²) in [7, 11) is 0. The quantitative estimate of drug-likeness (QED) is 0.882. The number of hydrogen-bond donors (Lipinski definition) is 1. The van der Waals surface area contributed by atoms with Crippen molar-refractivity contribution in [3.8, 4) is 0 Å². The molecule has 1 fully saturated rings. The normalized spacial score (nSPS) is 20.6. The molecule has 0 amide bonds. The highest BCUT2D eigenvalue weighted by Crippen LogP contribution is 2.22. The number of hydrogen-bond acceptors (Lipinski definition) is 3. The Kier molecular flexibility index (Phi) is 3.60. The average molecular weight is 244 g/mol. The molecule has 0 radical (unpaired) electrons. The summed E-state index contributed by atoms with van der Waals surface area (Å²) in [6, 6.07) is 8.56. The highest BCUT2D eigenvalue weighted by atomic mass is 16.5. The third kappa shape index (κ3) is 2.56. The summed E-state index contributed by atoms with van der Waals surface area (Å²) in [5, 5.41) is 3.42. The average Bonchev–Trinajstić information content (AvgIpc) is 2.94. The third-order valence-electron chi connectivity index (χ3n) is 3.80. The molecule has 2 aliphatic heterocycles. The van der Waals surface area contributed by atoms with Crippen molar-refractivity contribution in [1.29, 1.82) is 0 Å². The maximum atomic E-state index is 5.61. The molecule has 3 rings (SSSR count). The van der Waals surface area contributed by atoms with Gasteiger partial charge in [0.1, 0.15) is 6.61 Å². The molecule has 1 aromatic rings. The first-order valence-electron chi connectivity index (χ1n) is 6.90. The van der Waals surface area contributed by atoms with Crippen LogP contribution in [0, 0.1) is 5.92 Å². The number of benzene rings is 1. The van der Waals surface area contributed by atoms with Crippen LogP contribution in [0.4, 0.5) is 0 Å². The molecule has 0 aliphatic carbocycles. The lowest BCUT2D eigenvalue weighted by atomic mass is 9.89. The van der Waals surface area contributed by atoms with Gasteiger partial charge in [0.25, 0.3) is 0 Å². The minimum absolute atomic E-state index is 0.733. The Morgan fingerprint density at radius 3 is 2.83 bits per heavy atom. The lowest BCUT2D eigenvalue weighted by Crippen LogP contribution is -2.29. The monoisotopic (exact) mass is 244 g/mol. The zero-order valence-corrected chi connectivity index (χ0v) is 10.7. The van der Waals surface area contributed by atoms with E-state index in [1.807, 2.05) is 0 Å². The fraction of sp³-hybridized carbons (Fsp3) is 0.533. The van der Waals surface area contributed by atoms with Crippen molar-refractivity contribution >= 4 is 5.90 Å². The van der Waals surface area contributed by atoms with Gasteiger partial charge in [0.15, 0.2) is 0 Å². The van der Waals surface area contributed by atoms with Crippen molar-refractivity contribution in [2.75, 3.05) is 26.2 Å². The molecule has 0 atom stereocenters. The number of aliphatic imine (C=N–C) groups is 1. The zero-order chi connectivity index (χ0) is 12.2. The Hall–Kier alpha value is -1.35. The molecular formula is C15H20N2O. The summed E-state index contributed by atoms with van der Waals surface area (Å²) in [4.78, 5) is 4.44. The minimum atomic E-state index is 0.733. The van der Waals surface area contributed by atoms with E-state index in [2.05, 4.69) is 34.6 Å². The number of nitrogens with one attached hydrogen (secondary N) is 1. The van der Waals surface area contributed by atoms with E-state index in [4.69, 9.17) is 4.74 Å².